The molecule has 9 nitrogen and oxygen atoms in total. The first-order valence-corrected chi connectivity index (χ1v) is 10.3. The maximum absolute atomic E-state index is 12.7. The number of amides is 1. The molecule has 0 atom stereocenters. The zero-order chi connectivity index (χ0) is 21.6. The predicted molar refractivity (Wildman–Crippen MR) is 110 cm³/mol. The average Bonchev–Trinajstić information content (AvgIpc) is 2.78. The molecule has 2 heterocycles. The zero-order valence-corrected chi connectivity index (χ0v) is 17.1. The highest BCUT2D eigenvalue weighted by atomic mass is 32.2. The number of carbonyl (C=O) groups is 1. The number of pyridine rings is 2. The SMILES string of the molecule is CNS(=O)(=O)c1cc(C(=O)Nc2ncccc2OCc2ccncc2)ccc1OC. The molecule has 0 fully saturated rings. The van der Waals surface area contributed by atoms with Crippen molar-refractivity contribution < 1.29 is 22.7 Å². The van der Waals surface area contributed by atoms with Gasteiger partial charge in [-0.15, -0.1) is 0 Å². The van der Waals surface area contributed by atoms with E-state index in [1.807, 2.05) is 12.1 Å². The van der Waals surface area contributed by atoms with Gasteiger partial charge in [0, 0.05) is 24.2 Å². The van der Waals surface area contributed by atoms with E-state index in [9.17, 15) is 13.2 Å². The first-order valence-electron chi connectivity index (χ1n) is 8.84. The molecule has 156 valence electrons. The van der Waals surface area contributed by atoms with E-state index in [1.165, 1.54) is 38.6 Å². The van der Waals surface area contributed by atoms with Gasteiger partial charge in [0.25, 0.3) is 5.91 Å². The lowest BCUT2D eigenvalue weighted by molar-refractivity contribution is 0.102. The van der Waals surface area contributed by atoms with Gasteiger partial charge >= 0.3 is 0 Å². The van der Waals surface area contributed by atoms with Gasteiger partial charge in [0.15, 0.2) is 11.6 Å². The van der Waals surface area contributed by atoms with Crippen molar-refractivity contribution in [1.29, 1.82) is 0 Å². The van der Waals surface area contributed by atoms with Gasteiger partial charge in [-0.1, -0.05) is 0 Å². The number of nitrogens with one attached hydrogen (secondary N) is 2. The lowest BCUT2D eigenvalue weighted by atomic mass is 10.2. The lowest BCUT2D eigenvalue weighted by Gasteiger charge is -2.13. The van der Waals surface area contributed by atoms with Gasteiger partial charge in [-0.3, -0.25) is 9.78 Å². The lowest BCUT2D eigenvalue weighted by Crippen LogP contribution is -2.21. The van der Waals surface area contributed by atoms with Crippen LogP contribution in [0.2, 0.25) is 0 Å². The molecule has 0 unspecified atom stereocenters. The molecule has 0 spiro atoms. The Kier molecular flexibility index (Phi) is 6.60. The van der Waals surface area contributed by atoms with E-state index in [4.69, 9.17) is 9.47 Å². The van der Waals surface area contributed by atoms with Crippen LogP contribution in [0, 0.1) is 0 Å². The van der Waals surface area contributed by atoms with Crippen LogP contribution in [0.3, 0.4) is 0 Å². The highest BCUT2D eigenvalue weighted by Crippen LogP contribution is 2.26. The Morgan fingerprint density at radius 3 is 2.53 bits per heavy atom. The van der Waals surface area contributed by atoms with Crippen LogP contribution in [0.25, 0.3) is 0 Å². The number of sulfonamides is 1. The summed E-state index contributed by atoms with van der Waals surface area (Å²) in [4.78, 5) is 20.7. The van der Waals surface area contributed by atoms with Gasteiger partial charge in [0.05, 0.1) is 7.11 Å². The number of aromatic nitrogens is 2. The molecule has 0 aliphatic heterocycles. The Balaban J connectivity index is 1.82. The van der Waals surface area contributed by atoms with Crippen LogP contribution >= 0.6 is 0 Å². The summed E-state index contributed by atoms with van der Waals surface area (Å²) in [7, 11) is -1.19. The Hall–Kier alpha value is -3.50. The van der Waals surface area contributed by atoms with E-state index in [-0.39, 0.29) is 28.6 Å². The van der Waals surface area contributed by atoms with Crippen molar-refractivity contribution in [3.05, 3.63) is 72.2 Å². The molecule has 1 aromatic carbocycles. The molecule has 3 rings (SSSR count). The maximum Gasteiger partial charge on any atom is 0.256 e. The molecule has 30 heavy (non-hydrogen) atoms. The van der Waals surface area contributed by atoms with Crippen LogP contribution in [0.5, 0.6) is 11.5 Å². The number of ether oxygens (including phenoxy) is 2. The van der Waals surface area contributed by atoms with E-state index >= 15 is 0 Å². The van der Waals surface area contributed by atoms with Crippen LogP contribution in [0.4, 0.5) is 5.82 Å². The number of rotatable bonds is 8. The maximum atomic E-state index is 12.7. The van der Waals surface area contributed by atoms with Gasteiger partial charge in [-0.25, -0.2) is 18.1 Å². The highest BCUT2D eigenvalue weighted by molar-refractivity contribution is 7.89. The van der Waals surface area contributed by atoms with E-state index in [1.54, 1.807) is 24.5 Å². The van der Waals surface area contributed by atoms with Gasteiger partial charge in [0.2, 0.25) is 10.0 Å². The third kappa shape index (κ3) is 4.91. The van der Waals surface area contributed by atoms with Crippen LogP contribution in [0.15, 0.2) is 66.0 Å². The standard InChI is InChI=1S/C20H20N4O5S/c1-21-30(26,27)18-12-15(5-6-16(18)28-2)20(25)24-19-17(4-3-9-23-19)29-13-14-7-10-22-11-8-14/h3-12,21H,13H2,1-2H3,(H,23,24,25). The Bertz CT molecular complexity index is 1140. The number of hydrogen-bond acceptors (Lipinski definition) is 7. The van der Waals surface area contributed by atoms with Crippen LogP contribution < -0.4 is 19.5 Å². The third-order valence-electron chi connectivity index (χ3n) is 4.13. The summed E-state index contributed by atoms with van der Waals surface area (Å²) in [5.41, 5.74) is 1.03. The minimum absolute atomic E-state index is 0.121. The molecule has 0 radical (unpaired) electrons. The number of benzene rings is 1. The number of carbonyl (C=O) groups excluding carboxylic acids is 1. The molecule has 1 amide bonds. The summed E-state index contributed by atoms with van der Waals surface area (Å²) >= 11 is 0. The van der Waals surface area contributed by atoms with Crippen molar-refractivity contribution in [3.8, 4) is 11.5 Å². The summed E-state index contributed by atoms with van der Waals surface area (Å²) in [5.74, 6) is 0.169. The average molecular weight is 428 g/mol. The van der Waals surface area contributed by atoms with E-state index in [2.05, 4.69) is 20.0 Å². The van der Waals surface area contributed by atoms with Crippen molar-refractivity contribution >= 4 is 21.7 Å². The smallest absolute Gasteiger partial charge is 0.256 e. The summed E-state index contributed by atoms with van der Waals surface area (Å²) in [6, 6.07) is 11.1. The largest absolute Gasteiger partial charge is 0.495 e. The summed E-state index contributed by atoms with van der Waals surface area (Å²) in [5, 5.41) is 2.65. The molecule has 0 saturated heterocycles. The van der Waals surface area contributed by atoms with Gasteiger partial charge in [0.1, 0.15) is 17.3 Å². The molecule has 0 bridgehead atoms. The van der Waals surface area contributed by atoms with E-state index in [0.717, 1.165) is 5.56 Å². The van der Waals surface area contributed by atoms with Crippen LogP contribution in [-0.2, 0) is 16.6 Å². The number of methoxy groups -OCH3 is 1. The van der Waals surface area contributed by atoms with E-state index < -0.39 is 15.9 Å². The monoisotopic (exact) mass is 428 g/mol. The fourth-order valence-electron chi connectivity index (χ4n) is 2.56. The molecule has 0 aliphatic rings. The fraction of sp³-hybridized carbons (Fsp3) is 0.150. The Morgan fingerprint density at radius 2 is 1.83 bits per heavy atom. The number of hydrogen-bond donors (Lipinski definition) is 2. The normalized spacial score (nSPS) is 11.0. The fourth-order valence-corrected chi connectivity index (χ4v) is 3.48. The van der Waals surface area contributed by atoms with Crippen LogP contribution in [-0.4, -0.2) is 38.5 Å². The van der Waals surface area contributed by atoms with E-state index in [0.29, 0.717) is 5.75 Å². The molecular formula is C20H20N4O5S. The second kappa shape index (κ2) is 9.33. The molecule has 10 heteroatoms. The summed E-state index contributed by atoms with van der Waals surface area (Å²) in [6.45, 7) is 0.268. The van der Waals surface area contributed by atoms with Gasteiger partial charge < -0.3 is 14.8 Å². The molecule has 2 aromatic heterocycles. The molecule has 2 N–H and O–H groups in total. The first kappa shape index (κ1) is 21.2. The van der Waals surface area contributed by atoms with Crippen molar-refractivity contribution in [2.45, 2.75) is 11.5 Å². The van der Waals surface area contributed by atoms with Gasteiger partial charge in [-0.05, 0) is 55.1 Å². The second-order valence-electron chi connectivity index (χ2n) is 6.02. The minimum Gasteiger partial charge on any atom is -0.495 e. The quantitative estimate of drug-likeness (QED) is 0.564. The van der Waals surface area contributed by atoms with Crippen molar-refractivity contribution in [2.24, 2.45) is 0 Å². The van der Waals surface area contributed by atoms with Crippen molar-refractivity contribution in [3.63, 3.8) is 0 Å². The Morgan fingerprint density at radius 1 is 1.07 bits per heavy atom. The molecule has 0 aliphatic carbocycles. The topological polar surface area (TPSA) is 120 Å². The number of anilines is 1. The molecule has 0 saturated carbocycles. The minimum atomic E-state index is -3.82. The highest BCUT2D eigenvalue weighted by Gasteiger charge is 2.21. The number of nitrogens with zero attached hydrogens (tertiary/aromatic N) is 2. The predicted octanol–water partition coefficient (Wildman–Crippen LogP) is 2.22. The van der Waals surface area contributed by atoms with Crippen molar-refractivity contribution in [2.75, 3.05) is 19.5 Å². The summed E-state index contributed by atoms with van der Waals surface area (Å²) < 4.78 is 37.5. The third-order valence-corrected chi connectivity index (χ3v) is 5.57. The zero-order valence-electron chi connectivity index (χ0n) is 16.3. The van der Waals surface area contributed by atoms with Gasteiger partial charge in [-0.2, -0.15) is 0 Å². The Labute approximate surface area is 174 Å². The van der Waals surface area contributed by atoms with Crippen molar-refractivity contribution in [1.82, 2.24) is 14.7 Å². The second-order valence-corrected chi connectivity index (χ2v) is 7.88. The molecule has 3 aromatic rings. The summed E-state index contributed by atoms with van der Waals surface area (Å²) in [6.07, 6.45) is 4.83. The molecular weight excluding hydrogens is 408 g/mol. The van der Waals surface area contributed by atoms with Crippen LogP contribution in [0.1, 0.15) is 15.9 Å². The first-order chi connectivity index (χ1) is 14.4.